The second-order valence-corrected chi connectivity index (χ2v) is 6.28. The van der Waals surface area contributed by atoms with Crippen molar-refractivity contribution >= 4 is 23.3 Å². The number of carbonyl (C=O) groups excluding carboxylic acids is 2. The minimum atomic E-state index is -0.483. The maximum Gasteiger partial charge on any atom is 0.337 e. The molecule has 1 aliphatic rings. The van der Waals surface area contributed by atoms with Gasteiger partial charge in [-0.1, -0.05) is 30.3 Å². The summed E-state index contributed by atoms with van der Waals surface area (Å²) in [5.74, 6) is -0.429. The first-order valence-corrected chi connectivity index (χ1v) is 8.49. The Bertz CT molecular complexity index is 769. The monoisotopic (exact) mass is 342 g/mol. The van der Waals surface area contributed by atoms with Crippen LogP contribution in [0.15, 0.2) is 58.4 Å². The van der Waals surface area contributed by atoms with Crippen molar-refractivity contribution in [2.75, 3.05) is 7.11 Å². The second kappa shape index (κ2) is 6.88. The van der Waals surface area contributed by atoms with Gasteiger partial charge in [-0.25, -0.2) is 9.59 Å². The van der Waals surface area contributed by atoms with Crippen molar-refractivity contribution in [3.05, 3.63) is 69.6 Å². The number of nitrogens with one attached hydrogen (secondary N) is 1. The number of methoxy groups -OCH3 is 1. The van der Waals surface area contributed by atoms with E-state index in [-0.39, 0.29) is 6.03 Å². The van der Waals surface area contributed by atoms with Crippen molar-refractivity contribution < 1.29 is 14.3 Å². The molecule has 2 amide bonds. The number of hydrogen-bond acceptors (Lipinski definition) is 4. The van der Waals surface area contributed by atoms with Crippen LogP contribution >= 0.6 is 11.3 Å². The van der Waals surface area contributed by atoms with Crippen LogP contribution in [0.1, 0.15) is 24.1 Å². The number of hydrogen-bond donors (Lipinski definition) is 1. The van der Waals surface area contributed by atoms with E-state index in [2.05, 4.69) is 5.32 Å². The molecule has 0 aliphatic carbocycles. The maximum atomic E-state index is 12.6. The Kier molecular flexibility index (Phi) is 4.66. The van der Waals surface area contributed by atoms with Crippen molar-refractivity contribution in [1.29, 1.82) is 0 Å². The number of amides is 2. The minimum absolute atomic E-state index is 0.222. The summed E-state index contributed by atoms with van der Waals surface area (Å²) in [5, 5.41) is 6.76. The highest BCUT2D eigenvalue weighted by Crippen LogP contribution is 2.32. The number of rotatable bonds is 4. The number of esters is 1. The van der Waals surface area contributed by atoms with Crippen molar-refractivity contribution in [3.63, 3.8) is 0 Å². The highest BCUT2D eigenvalue weighted by Gasteiger charge is 2.36. The first kappa shape index (κ1) is 16.3. The van der Waals surface area contributed by atoms with Gasteiger partial charge in [0.05, 0.1) is 25.3 Å². The van der Waals surface area contributed by atoms with Crippen LogP contribution in [0.5, 0.6) is 0 Å². The molecule has 0 saturated heterocycles. The van der Waals surface area contributed by atoms with Gasteiger partial charge in [-0.2, -0.15) is 11.3 Å². The van der Waals surface area contributed by atoms with E-state index in [0.717, 1.165) is 11.1 Å². The number of nitrogens with zero attached hydrogens (tertiary/aromatic N) is 1. The highest BCUT2D eigenvalue weighted by molar-refractivity contribution is 7.08. The molecule has 1 aromatic heterocycles. The first-order chi connectivity index (χ1) is 11.6. The molecule has 2 heterocycles. The average molecular weight is 342 g/mol. The highest BCUT2D eigenvalue weighted by atomic mass is 32.1. The van der Waals surface area contributed by atoms with Gasteiger partial charge in [0.2, 0.25) is 0 Å². The molecular formula is C18H18N2O3S. The Morgan fingerprint density at radius 3 is 2.67 bits per heavy atom. The average Bonchev–Trinajstić information content (AvgIpc) is 3.13. The van der Waals surface area contributed by atoms with Gasteiger partial charge in [0.25, 0.3) is 0 Å². The third-order valence-electron chi connectivity index (χ3n) is 4.06. The molecule has 0 radical (unpaired) electrons. The molecule has 2 aromatic rings. The van der Waals surface area contributed by atoms with E-state index in [1.165, 1.54) is 18.4 Å². The van der Waals surface area contributed by atoms with E-state index in [9.17, 15) is 9.59 Å². The van der Waals surface area contributed by atoms with Crippen LogP contribution in [0.4, 0.5) is 4.79 Å². The lowest BCUT2D eigenvalue weighted by Crippen LogP contribution is -2.47. The summed E-state index contributed by atoms with van der Waals surface area (Å²) < 4.78 is 4.95. The van der Waals surface area contributed by atoms with Crippen LogP contribution in [-0.4, -0.2) is 24.0 Å². The number of allylic oxidation sites excluding steroid dienone is 1. The largest absolute Gasteiger partial charge is 0.466 e. The first-order valence-electron chi connectivity index (χ1n) is 7.55. The van der Waals surface area contributed by atoms with Gasteiger partial charge in [-0.3, -0.25) is 4.90 Å². The Hall–Kier alpha value is -2.60. The standard InChI is InChI=1S/C18H18N2O3S/c1-12-15(17(21)23-2)16(14-8-9-24-11-14)19-18(22)20(12)10-13-6-4-3-5-7-13/h3-9,11,16H,10H2,1-2H3,(H,19,22)/t16-/m1/s1. The number of thiophene rings is 1. The van der Waals surface area contributed by atoms with E-state index in [1.807, 2.05) is 47.2 Å². The van der Waals surface area contributed by atoms with Crippen LogP contribution in [0.25, 0.3) is 0 Å². The third kappa shape index (κ3) is 3.05. The maximum absolute atomic E-state index is 12.6. The van der Waals surface area contributed by atoms with E-state index >= 15 is 0 Å². The molecule has 1 aliphatic heterocycles. The summed E-state index contributed by atoms with van der Waals surface area (Å²) >= 11 is 1.52. The Morgan fingerprint density at radius 1 is 1.29 bits per heavy atom. The summed E-state index contributed by atoms with van der Waals surface area (Å²) in [7, 11) is 1.35. The predicted octanol–water partition coefficient (Wildman–Crippen LogP) is 3.46. The molecule has 6 heteroatoms. The third-order valence-corrected chi connectivity index (χ3v) is 4.76. The zero-order valence-electron chi connectivity index (χ0n) is 13.5. The molecule has 0 bridgehead atoms. The van der Waals surface area contributed by atoms with Gasteiger partial charge >= 0.3 is 12.0 Å². The Labute approximate surface area is 144 Å². The van der Waals surface area contributed by atoms with Gasteiger partial charge in [0.15, 0.2) is 0 Å². The molecule has 1 atom stereocenters. The lowest BCUT2D eigenvalue weighted by Gasteiger charge is -2.35. The van der Waals surface area contributed by atoms with Crippen LogP contribution in [-0.2, 0) is 16.1 Å². The molecule has 0 saturated carbocycles. The number of urea groups is 1. The van der Waals surface area contributed by atoms with Crippen molar-refractivity contribution in [3.8, 4) is 0 Å². The fraction of sp³-hybridized carbons (Fsp3) is 0.222. The lowest BCUT2D eigenvalue weighted by atomic mass is 9.97. The zero-order chi connectivity index (χ0) is 17.1. The molecule has 5 nitrogen and oxygen atoms in total. The van der Waals surface area contributed by atoms with Crippen LogP contribution in [0.2, 0.25) is 0 Å². The molecule has 1 aromatic carbocycles. The van der Waals surface area contributed by atoms with Gasteiger partial charge < -0.3 is 10.1 Å². The number of benzene rings is 1. The van der Waals surface area contributed by atoms with Gasteiger partial charge in [-0.15, -0.1) is 0 Å². The van der Waals surface area contributed by atoms with Crippen molar-refractivity contribution in [1.82, 2.24) is 10.2 Å². The summed E-state index contributed by atoms with van der Waals surface area (Å²) in [6.45, 7) is 2.18. The molecular weight excluding hydrogens is 324 g/mol. The fourth-order valence-electron chi connectivity index (χ4n) is 2.80. The normalized spacial score (nSPS) is 17.7. The SMILES string of the molecule is COC(=O)C1=C(C)N(Cc2ccccc2)C(=O)N[C@@H]1c1ccsc1. The molecule has 24 heavy (non-hydrogen) atoms. The van der Waals surface area contributed by atoms with E-state index in [1.54, 1.807) is 11.8 Å². The van der Waals surface area contributed by atoms with Crippen molar-refractivity contribution in [2.24, 2.45) is 0 Å². The Morgan fingerprint density at radius 2 is 2.04 bits per heavy atom. The zero-order valence-corrected chi connectivity index (χ0v) is 14.3. The number of ether oxygens (including phenoxy) is 1. The quantitative estimate of drug-likeness (QED) is 0.866. The smallest absolute Gasteiger partial charge is 0.337 e. The summed E-state index contributed by atoms with van der Waals surface area (Å²) in [6, 6.07) is 10.9. The molecule has 124 valence electrons. The van der Waals surface area contributed by atoms with E-state index in [4.69, 9.17) is 4.74 Å². The predicted molar refractivity (Wildman–Crippen MR) is 92.3 cm³/mol. The lowest BCUT2D eigenvalue weighted by molar-refractivity contribution is -0.136. The molecule has 3 rings (SSSR count). The van der Waals surface area contributed by atoms with E-state index in [0.29, 0.717) is 17.8 Å². The van der Waals surface area contributed by atoms with Gasteiger partial charge in [-0.05, 0) is 34.9 Å². The topological polar surface area (TPSA) is 58.6 Å². The molecule has 0 unspecified atom stereocenters. The van der Waals surface area contributed by atoms with Crippen LogP contribution in [0, 0.1) is 0 Å². The summed E-state index contributed by atoms with van der Waals surface area (Å²) in [5.41, 5.74) is 2.95. The molecule has 1 N–H and O–H groups in total. The Balaban J connectivity index is 2.00. The van der Waals surface area contributed by atoms with E-state index < -0.39 is 12.0 Å². The molecule has 0 spiro atoms. The fourth-order valence-corrected chi connectivity index (χ4v) is 3.49. The number of carbonyl (C=O) groups is 2. The van der Waals surface area contributed by atoms with Crippen LogP contribution < -0.4 is 5.32 Å². The summed E-state index contributed by atoms with van der Waals surface area (Å²) in [6.07, 6.45) is 0. The minimum Gasteiger partial charge on any atom is -0.466 e. The van der Waals surface area contributed by atoms with Gasteiger partial charge in [0.1, 0.15) is 0 Å². The summed E-state index contributed by atoms with van der Waals surface area (Å²) in [4.78, 5) is 26.5. The van der Waals surface area contributed by atoms with Crippen molar-refractivity contribution in [2.45, 2.75) is 19.5 Å². The second-order valence-electron chi connectivity index (χ2n) is 5.50. The van der Waals surface area contributed by atoms with Gasteiger partial charge in [0, 0.05) is 5.70 Å². The van der Waals surface area contributed by atoms with Crippen LogP contribution in [0.3, 0.4) is 0 Å². The molecule has 0 fully saturated rings.